The summed E-state index contributed by atoms with van der Waals surface area (Å²) in [6.45, 7) is 1.58. The Balaban J connectivity index is 2.84. The predicted molar refractivity (Wildman–Crippen MR) is 42.5 cm³/mol. The van der Waals surface area contributed by atoms with Gasteiger partial charge in [-0.15, -0.1) is 0 Å². The van der Waals surface area contributed by atoms with Crippen LogP contribution in [0.15, 0.2) is 21.2 Å². The zero-order chi connectivity index (χ0) is 8.43. The van der Waals surface area contributed by atoms with Gasteiger partial charge in [0, 0.05) is 0 Å². The van der Waals surface area contributed by atoms with Crippen molar-refractivity contribution >= 4 is 21.9 Å². The minimum atomic E-state index is -0.883. The van der Waals surface area contributed by atoms with E-state index >= 15 is 0 Å². The number of aliphatic carboxylic acids is 1. The highest BCUT2D eigenvalue weighted by molar-refractivity contribution is 9.10. The van der Waals surface area contributed by atoms with Gasteiger partial charge >= 0.3 is 5.97 Å². The summed E-state index contributed by atoms with van der Waals surface area (Å²) in [5.41, 5.74) is 0. The normalized spacial score (nSPS) is 12.9. The van der Waals surface area contributed by atoms with Crippen molar-refractivity contribution in [3.63, 3.8) is 0 Å². The molecule has 0 aliphatic rings. The molecule has 60 valence electrons. The molecule has 4 heteroatoms. The van der Waals surface area contributed by atoms with E-state index in [9.17, 15) is 4.79 Å². The molecular formula is C7H7BrO3. The molecule has 0 aliphatic heterocycles. The molecule has 0 aliphatic carbocycles. The average molecular weight is 219 g/mol. The van der Waals surface area contributed by atoms with Gasteiger partial charge in [-0.2, -0.15) is 0 Å². The van der Waals surface area contributed by atoms with Gasteiger partial charge in [-0.05, 0) is 35.0 Å². The summed E-state index contributed by atoms with van der Waals surface area (Å²) in [4.78, 5) is 10.4. The first kappa shape index (κ1) is 8.33. The highest BCUT2D eigenvalue weighted by Gasteiger charge is 2.16. The second-order valence-electron chi connectivity index (χ2n) is 2.20. The first-order chi connectivity index (χ1) is 5.11. The minimum Gasteiger partial charge on any atom is -0.481 e. The van der Waals surface area contributed by atoms with Crippen molar-refractivity contribution in [2.75, 3.05) is 0 Å². The van der Waals surface area contributed by atoms with E-state index in [0.29, 0.717) is 10.4 Å². The molecule has 1 atom stereocenters. The molecule has 0 saturated heterocycles. The molecule has 3 nitrogen and oxygen atoms in total. The molecule has 0 amide bonds. The van der Waals surface area contributed by atoms with Crippen LogP contribution in [0.1, 0.15) is 18.6 Å². The molecule has 0 radical (unpaired) electrons. The van der Waals surface area contributed by atoms with Gasteiger partial charge in [-0.25, -0.2) is 0 Å². The van der Waals surface area contributed by atoms with Crippen LogP contribution in [0.4, 0.5) is 0 Å². The van der Waals surface area contributed by atoms with Crippen LogP contribution in [-0.2, 0) is 4.79 Å². The van der Waals surface area contributed by atoms with Crippen molar-refractivity contribution in [3.8, 4) is 0 Å². The third-order valence-electron chi connectivity index (χ3n) is 1.39. The Bertz CT molecular complexity index is 266. The van der Waals surface area contributed by atoms with Crippen LogP contribution in [0.3, 0.4) is 0 Å². The first-order valence-electron chi connectivity index (χ1n) is 3.09. The Hall–Kier alpha value is -0.770. The molecule has 11 heavy (non-hydrogen) atoms. The molecule has 0 aromatic carbocycles. The molecule has 0 saturated carbocycles. The largest absolute Gasteiger partial charge is 0.481 e. The number of hydrogen-bond donors (Lipinski definition) is 1. The van der Waals surface area contributed by atoms with Gasteiger partial charge in [0.15, 0.2) is 4.67 Å². The van der Waals surface area contributed by atoms with Crippen LogP contribution in [0.2, 0.25) is 0 Å². The Morgan fingerprint density at radius 3 is 2.73 bits per heavy atom. The zero-order valence-electron chi connectivity index (χ0n) is 5.87. The van der Waals surface area contributed by atoms with Crippen LogP contribution >= 0.6 is 15.9 Å². The van der Waals surface area contributed by atoms with Crippen LogP contribution < -0.4 is 0 Å². The third kappa shape index (κ3) is 1.83. The monoisotopic (exact) mass is 218 g/mol. The van der Waals surface area contributed by atoms with E-state index in [-0.39, 0.29) is 0 Å². The topological polar surface area (TPSA) is 50.4 Å². The maximum absolute atomic E-state index is 10.4. The summed E-state index contributed by atoms with van der Waals surface area (Å²) in [6.07, 6.45) is 0. The standard InChI is InChI=1S/C7H7BrO3/c1-4(7(9)10)5-2-3-6(8)11-5/h2-4H,1H3,(H,9,10). The van der Waals surface area contributed by atoms with Crippen molar-refractivity contribution in [2.45, 2.75) is 12.8 Å². The number of carboxylic acid groups (broad SMARTS) is 1. The van der Waals surface area contributed by atoms with E-state index < -0.39 is 11.9 Å². The fraction of sp³-hybridized carbons (Fsp3) is 0.286. The van der Waals surface area contributed by atoms with E-state index in [1.807, 2.05) is 0 Å². The van der Waals surface area contributed by atoms with Gasteiger partial charge in [0.1, 0.15) is 11.7 Å². The Morgan fingerprint density at radius 2 is 2.36 bits per heavy atom. The lowest BCUT2D eigenvalue weighted by atomic mass is 10.1. The van der Waals surface area contributed by atoms with Crippen molar-refractivity contribution < 1.29 is 14.3 Å². The Morgan fingerprint density at radius 1 is 1.73 bits per heavy atom. The Labute approximate surface area is 72.1 Å². The number of furan rings is 1. The van der Waals surface area contributed by atoms with Crippen LogP contribution in [0.25, 0.3) is 0 Å². The lowest BCUT2D eigenvalue weighted by molar-refractivity contribution is -0.138. The number of halogens is 1. The lowest BCUT2D eigenvalue weighted by Crippen LogP contribution is -2.05. The maximum Gasteiger partial charge on any atom is 0.313 e. The molecule has 1 unspecified atom stereocenters. The van der Waals surface area contributed by atoms with E-state index in [1.54, 1.807) is 19.1 Å². The van der Waals surface area contributed by atoms with Gasteiger partial charge in [-0.3, -0.25) is 4.79 Å². The van der Waals surface area contributed by atoms with Gasteiger partial charge in [0.25, 0.3) is 0 Å². The lowest BCUT2D eigenvalue weighted by Gasteiger charge is -1.99. The fourth-order valence-corrected chi connectivity index (χ4v) is 1.00. The molecule has 0 bridgehead atoms. The average Bonchev–Trinajstić information content (AvgIpc) is 2.34. The van der Waals surface area contributed by atoms with Gasteiger partial charge in [-0.1, -0.05) is 0 Å². The molecule has 1 rings (SSSR count). The summed E-state index contributed by atoms with van der Waals surface area (Å²) in [7, 11) is 0. The van der Waals surface area contributed by atoms with Crippen LogP contribution in [-0.4, -0.2) is 11.1 Å². The number of rotatable bonds is 2. The third-order valence-corrected chi connectivity index (χ3v) is 1.82. The molecular weight excluding hydrogens is 212 g/mol. The van der Waals surface area contributed by atoms with E-state index in [1.165, 1.54) is 0 Å². The number of hydrogen-bond acceptors (Lipinski definition) is 2. The molecule has 1 heterocycles. The second-order valence-corrected chi connectivity index (χ2v) is 2.98. The fourth-order valence-electron chi connectivity index (χ4n) is 0.683. The summed E-state index contributed by atoms with van der Waals surface area (Å²) in [6, 6.07) is 3.32. The van der Waals surface area contributed by atoms with E-state index in [2.05, 4.69) is 15.9 Å². The molecule has 1 aromatic rings. The van der Waals surface area contributed by atoms with Crippen LogP contribution in [0, 0.1) is 0 Å². The van der Waals surface area contributed by atoms with Crippen molar-refractivity contribution in [1.82, 2.24) is 0 Å². The quantitative estimate of drug-likeness (QED) is 0.829. The second kappa shape index (κ2) is 3.09. The maximum atomic E-state index is 10.4. The van der Waals surface area contributed by atoms with Gasteiger partial charge < -0.3 is 9.52 Å². The highest BCUT2D eigenvalue weighted by Crippen LogP contribution is 2.21. The number of carboxylic acids is 1. The summed E-state index contributed by atoms with van der Waals surface area (Å²) in [5.74, 6) is -1.00. The van der Waals surface area contributed by atoms with Crippen LogP contribution in [0.5, 0.6) is 0 Å². The Kier molecular flexibility index (Phi) is 2.34. The minimum absolute atomic E-state index is 0.462. The van der Waals surface area contributed by atoms with Crippen molar-refractivity contribution in [3.05, 3.63) is 22.6 Å². The molecule has 1 aromatic heterocycles. The zero-order valence-corrected chi connectivity index (χ0v) is 7.46. The summed E-state index contributed by atoms with van der Waals surface area (Å²) >= 11 is 3.09. The van der Waals surface area contributed by atoms with Gasteiger partial charge in [0.2, 0.25) is 0 Å². The first-order valence-corrected chi connectivity index (χ1v) is 3.88. The predicted octanol–water partition coefficient (Wildman–Crippen LogP) is 2.23. The van der Waals surface area contributed by atoms with Gasteiger partial charge in [0.05, 0.1) is 0 Å². The molecule has 0 spiro atoms. The van der Waals surface area contributed by atoms with Crippen molar-refractivity contribution in [1.29, 1.82) is 0 Å². The number of carbonyl (C=O) groups is 1. The van der Waals surface area contributed by atoms with E-state index in [0.717, 1.165) is 0 Å². The smallest absolute Gasteiger partial charge is 0.313 e. The SMILES string of the molecule is CC(C(=O)O)c1ccc(Br)o1. The summed E-state index contributed by atoms with van der Waals surface area (Å²) in [5, 5.41) is 8.57. The molecule has 1 N–H and O–H groups in total. The summed E-state index contributed by atoms with van der Waals surface area (Å²) < 4.78 is 5.60. The van der Waals surface area contributed by atoms with E-state index in [4.69, 9.17) is 9.52 Å². The highest BCUT2D eigenvalue weighted by atomic mass is 79.9. The molecule has 0 fully saturated rings. The van der Waals surface area contributed by atoms with Crippen molar-refractivity contribution in [2.24, 2.45) is 0 Å².